The average Bonchev–Trinajstić information content (AvgIpc) is 2.59. The summed E-state index contributed by atoms with van der Waals surface area (Å²) in [5.74, 6) is 0.0839. The lowest BCUT2D eigenvalue weighted by atomic mass is 10.2. The predicted octanol–water partition coefficient (Wildman–Crippen LogP) is 2.57. The second-order valence-corrected chi connectivity index (χ2v) is 8.11. The summed E-state index contributed by atoms with van der Waals surface area (Å²) in [6, 6.07) is 11.9. The number of ether oxygens (including phenoxy) is 1. The Morgan fingerprint density at radius 1 is 1.30 bits per heavy atom. The molecule has 2 rings (SSSR count). The summed E-state index contributed by atoms with van der Waals surface area (Å²) in [4.78, 5) is 12.2. The summed E-state index contributed by atoms with van der Waals surface area (Å²) >= 11 is 5.91. The van der Waals surface area contributed by atoms with E-state index in [1.54, 1.807) is 56.5 Å². The maximum Gasteiger partial charge on any atom is 0.260 e. The highest BCUT2D eigenvalue weighted by Crippen LogP contribution is 2.25. The van der Waals surface area contributed by atoms with Gasteiger partial charge in [0.2, 0.25) is 10.0 Å². The van der Waals surface area contributed by atoms with E-state index in [0.717, 1.165) is 16.1 Å². The fourth-order valence-corrected chi connectivity index (χ4v) is 3.49. The topological polar surface area (TPSA) is 88.1 Å². The van der Waals surface area contributed by atoms with Crippen molar-refractivity contribution >= 4 is 39.4 Å². The van der Waals surface area contributed by atoms with Crippen LogP contribution in [0.3, 0.4) is 0 Å². The van der Waals surface area contributed by atoms with Gasteiger partial charge in [0.05, 0.1) is 25.3 Å². The van der Waals surface area contributed by atoms with Crippen molar-refractivity contribution in [2.45, 2.75) is 6.92 Å². The first-order chi connectivity index (χ1) is 12.7. The van der Waals surface area contributed by atoms with Crippen molar-refractivity contribution in [3.05, 3.63) is 58.6 Å². The molecule has 0 bridgehead atoms. The van der Waals surface area contributed by atoms with Gasteiger partial charge in [-0.15, -0.1) is 0 Å². The number of anilines is 1. The monoisotopic (exact) mass is 409 g/mol. The Morgan fingerprint density at radius 2 is 2.04 bits per heavy atom. The molecule has 0 aliphatic carbocycles. The molecule has 0 heterocycles. The van der Waals surface area contributed by atoms with Gasteiger partial charge in [-0.2, -0.15) is 5.10 Å². The molecule has 2 aromatic rings. The largest absolute Gasteiger partial charge is 0.497 e. The van der Waals surface area contributed by atoms with Crippen molar-refractivity contribution in [3.63, 3.8) is 0 Å². The van der Waals surface area contributed by atoms with E-state index in [1.165, 1.54) is 6.21 Å². The highest BCUT2D eigenvalue weighted by Gasteiger charge is 2.22. The van der Waals surface area contributed by atoms with Gasteiger partial charge in [0, 0.05) is 5.02 Å². The van der Waals surface area contributed by atoms with Crippen molar-refractivity contribution in [3.8, 4) is 5.75 Å². The molecule has 0 unspecified atom stereocenters. The minimum absolute atomic E-state index is 0.383. The van der Waals surface area contributed by atoms with Gasteiger partial charge in [-0.25, -0.2) is 13.8 Å². The fraction of sp³-hybridized carbons (Fsp3) is 0.222. The number of nitrogens with one attached hydrogen (secondary N) is 1. The summed E-state index contributed by atoms with van der Waals surface area (Å²) in [7, 11) is -2.12. The van der Waals surface area contributed by atoms with Crippen molar-refractivity contribution in [2.75, 3.05) is 24.2 Å². The number of halogens is 1. The molecule has 0 aliphatic heterocycles. The number of sulfonamides is 1. The maximum atomic E-state index is 12.2. The summed E-state index contributed by atoms with van der Waals surface area (Å²) in [6.07, 6.45) is 2.48. The molecule has 0 fully saturated rings. The number of nitrogens with zero attached hydrogens (tertiary/aromatic N) is 2. The van der Waals surface area contributed by atoms with E-state index in [2.05, 4.69) is 10.5 Å². The molecule has 27 heavy (non-hydrogen) atoms. The minimum atomic E-state index is -3.67. The van der Waals surface area contributed by atoms with Gasteiger partial charge in [0.25, 0.3) is 5.91 Å². The first-order valence-corrected chi connectivity index (χ1v) is 10.1. The SMILES string of the molecule is COc1cccc(/C=N\NC(=O)CN(c2ccc(Cl)cc2C)S(C)(=O)=O)c1. The van der Waals surface area contributed by atoms with Crippen molar-refractivity contribution in [2.24, 2.45) is 5.10 Å². The highest BCUT2D eigenvalue weighted by atomic mass is 35.5. The van der Waals surface area contributed by atoms with Crippen LogP contribution in [0.5, 0.6) is 5.75 Å². The highest BCUT2D eigenvalue weighted by molar-refractivity contribution is 7.92. The Labute approximate surface area is 163 Å². The molecule has 1 N–H and O–H groups in total. The fourth-order valence-electron chi connectivity index (χ4n) is 2.35. The molecule has 7 nitrogen and oxygen atoms in total. The zero-order valence-corrected chi connectivity index (χ0v) is 16.7. The smallest absolute Gasteiger partial charge is 0.260 e. The number of aryl methyl sites for hydroxylation is 1. The van der Waals surface area contributed by atoms with Crippen molar-refractivity contribution in [1.82, 2.24) is 5.43 Å². The first kappa shape index (κ1) is 20.7. The molecule has 9 heteroatoms. The molecule has 0 atom stereocenters. The normalized spacial score (nSPS) is 11.4. The van der Waals surface area contributed by atoms with E-state index < -0.39 is 22.5 Å². The van der Waals surface area contributed by atoms with E-state index in [1.807, 2.05) is 0 Å². The summed E-state index contributed by atoms with van der Waals surface area (Å²) in [6.45, 7) is 1.31. The Balaban J connectivity index is 2.11. The molecular weight excluding hydrogens is 390 g/mol. The number of hydrogen-bond acceptors (Lipinski definition) is 5. The van der Waals surface area contributed by atoms with E-state index in [4.69, 9.17) is 16.3 Å². The number of rotatable bonds is 7. The zero-order chi connectivity index (χ0) is 20.0. The van der Waals surface area contributed by atoms with E-state index >= 15 is 0 Å². The van der Waals surface area contributed by atoms with Crippen LogP contribution in [0, 0.1) is 6.92 Å². The maximum absolute atomic E-state index is 12.2. The molecule has 0 saturated carbocycles. The Kier molecular flexibility index (Phi) is 6.81. The number of carbonyl (C=O) groups is 1. The second-order valence-electron chi connectivity index (χ2n) is 5.77. The average molecular weight is 410 g/mol. The molecule has 0 saturated heterocycles. The van der Waals surface area contributed by atoms with Gasteiger partial charge in [-0.1, -0.05) is 23.7 Å². The third-order valence-electron chi connectivity index (χ3n) is 3.61. The molecule has 144 valence electrons. The van der Waals surface area contributed by atoms with Crippen LogP contribution in [0.4, 0.5) is 5.69 Å². The lowest BCUT2D eigenvalue weighted by Crippen LogP contribution is -2.39. The lowest BCUT2D eigenvalue weighted by molar-refractivity contribution is -0.119. The van der Waals surface area contributed by atoms with Crippen LogP contribution in [0.1, 0.15) is 11.1 Å². The van der Waals surface area contributed by atoms with Gasteiger partial charge in [0.15, 0.2) is 0 Å². The zero-order valence-electron chi connectivity index (χ0n) is 15.1. The van der Waals surface area contributed by atoms with Crippen LogP contribution >= 0.6 is 11.6 Å². The molecule has 0 aliphatic rings. The van der Waals surface area contributed by atoms with Crippen LogP contribution in [-0.4, -0.2) is 40.4 Å². The summed E-state index contributed by atoms with van der Waals surface area (Å²) in [5.41, 5.74) is 4.08. The van der Waals surface area contributed by atoms with Crippen LogP contribution in [-0.2, 0) is 14.8 Å². The van der Waals surface area contributed by atoms with Crippen LogP contribution < -0.4 is 14.5 Å². The van der Waals surface area contributed by atoms with Crippen molar-refractivity contribution < 1.29 is 17.9 Å². The standard InChI is InChI=1S/C18H20ClN3O4S/c1-13-9-15(19)7-8-17(13)22(27(3,24)25)12-18(23)21-20-11-14-5-4-6-16(10-14)26-2/h4-11H,12H2,1-3H3,(H,21,23)/b20-11-. The summed E-state index contributed by atoms with van der Waals surface area (Å²) in [5, 5.41) is 4.34. The van der Waals surface area contributed by atoms with Crippen LogP contribution in [0.15, 0.2) is 47.6 Å². The van der Waals surface area contributed by atoms with Crippen LogP contribution in [0.2, 0.25) is 5.02 Å². The van der Waals surface area contributed by atoms with Gasteiger partial charge in [0.1, 0.15) is 12.3 Å². The Hall–Kier alpha value is -2.58. The van der Waals surface area contributed by atoms with Crippen molar-refractivity contribution in [1.29, 1.82) is 0 Å². The minimum Gasteiger partial charge on any atom is -0.497 e. The molecular formula is C18H20ClN3O4S. The first-order valence-electron chi connectivity index (χ1n) is 7.90. The van der Waals surface area contributed by atoms with E-state index in [-0.39, 0.29) is 0 Å². The molecule has 1 amide bonds. The van der Waals surface area contributed by atoms with Gasteiger partial charge in [-0.05, 0) is 48.4 Å². The predicted molar refractivity (Wildman–Crippen MR) is 107 cm³/mol. The van der Waals surface area contributed by atoms with Crippen LogP contribution in [0.25, 0.3) is 0 Å². The third-order valence-corrected chi connectivity index (χ3v) is 4.97. The lowest BCUT2D eigenvalue weighted by Gasteiger charge is -2.23. The molecule has 0 spiro atoms. The second kappa shape index (κ2) is 8.88. The van der Waals surface area contributed by atoms with E-state index in [0.29, 0.717) is 22.0 Å². The number of carbonyl (C=O) groups excluding carboxylic acids is 1. The number of benzene rings is 2. The number of hydrogen-bond donors (Lipinski definition) is 1. The summed E-state index contributed by atoms with van der Waals surface area (Å²) < 4.78 is 30.4. The van der Waals surface area contributed by atoms with Gasteiger partial charge < -0.3 is 4.74 Å². The molecule has 2 aromatic carbocycles. The molecule has 0 aromatic heterocycles. The molecule has 0 radical (unpaired) electrons. The van der Waals surface area contributed by atoms with Gasteiger partial charge >= 0.3 is 0 Å². The Bertz CT molecular complexity index is 961. The van der Waals surface area contributed by atoms with E-state index in [9.17, 15) is 13.2 Å². The van der Waals surface area contributed by atoms with Gasteiger partial charge in [-0.3, -0.25) is 9.10 Å². The third kappa shape index (κ3) is 5.97. The quantitative estimate of drug-likeness (QED) is 0.562. The Morgan fingerprint density at radius 3 is 2.67 bits per heavy atom. The number of hydrazone groups is 1. The number of amides is 1. The number of methoxy groups -OCH3 is 1.